The quantitative estimate of drug-likeness (QED) is 0.319. The lowest BCUT2D eigenvalue weighted by molar-refractivity contribution is 0.0696. The van der Waals surface area contributed by atoms with Gasteiger partial charge in [-0.05, 0) is 89.1 Å². The Kier molecular flexibility index (Phi) is 7.98. The highest BCUT2D eigenvalue weighted by molar-refractivity contribution is 6.01. The fraction of sp³-hybridized carbons (Fsp3) is 0.344. The second-order valence-electron chi connectivity index (χ2n) is 10.3. The number of fused-ring (bicyclic) bond motifs is 1. The highest BCUT2D eigenvalue weighted by Crippen LogP contribution is 2.42. The Balaban J connectivity index is 1.53. The summed E-state index contributed by atoms with van der Waals surface area (Å²) in [5, 5.41) is 9.54. The number of likely N-dealkylation sites (tertiary alicyclic amines) is 1. The van der Waals surface area contributed by atoms with Gasteiger partial charge >= 0.3 is 5.97 Å². The lowest BCUT2D eigenvalue weighted by Gasteiger charge is -2.39. The number of aromatic carboxylic acids is 1. The number of carbonyl (C=O) groups is 1. The minimum Gasteiger partial charge on any atom is -0.478 e. The molecule has 1 heterocycles. The normalized spacial score (nSPS) is 16.3. The molecule has 1 N–H and O–H groups in total. The van der Waals surface area contributed by atoms with Crippen molar-refractivity contribution in [3.8, 4) is 0 Å². The molecule has 1 saturated heterocycles. The van der Waals surface area contributed by atoms with Crippen LogP contribution in [0.5, 0.6) is 0 Å². The number of carboxylic acids is 1. The first-order valence-electron chi connectivity index (χ1n) is 13.3. The minimum absolute atomic E-state index is 0.0181. The van der Waals surface area contributed by atoms with Crippen molar-refractivity contribution in [3.05, 3.63) is 106 Å². The van der Waals surface area contributed by atoms with Crippen LogP contribution < -0.4 is 0 Å². The van der Waals surface area contributed by atoms with Gasteiger partial charge in [-0.25, -0.2) is 13.6 Å². The molecule has 0 aromatic heterocycles. The number of carboxylic acid groups (broad SMARTS) is 1. The van der Waals surface area contributed by atoms with Crippen LogP contribution in [-0.4, -0.2) is 42.3 Å². The predicted octanol–water partition coefficient (Wildman–Crippen LogP) is 7.45. The number of allylic oxidation sites excluding steroid dienone is 1. The molecule has 2 aliphatic rings. The Labute approximate surface area is 221 Å². The molecule has 6 heteroatoms. The molecular weight excluding hydrogens is 487 g/mol. The van der Waals surface area contributed by atoms with E-state index in [1.54, 1.807) is 30.3 Å². The molecule has 0 unspecified atom stereocenters. The van der Waals surface area contributed by atoms with Crippen molar-refractivity contribution in [2.75, 3.05) is 26.3 Å². The van der Waals surface area contributed by atoms with E-state index in [1.165, 1.54) is 11.6 Å². The Bertz CT molecular complexity index is 1330. The zero-order valence-electron chi connectivity index (χ0n) is 21.3. The zero-order valence-corrected chi connectivity index (χ0v) is 21.3. The summed E-state index contributed by atoms with van der Waals surface area (Å²) in [6, 6.07) is 20.2. The van der Waals surface area contributed by atoms with Gasteiger partial charge in [0.15, 0.2) is 0 Å². The third-order valence-electron chi connectivity index (χ3n) is 7.72. The maximum absolute atomic E-state index is 14.1. The van der Waals surface area contributed by atoms with Crippen molar-refractivity contribution in [2.45, 2.75) is 38.5 Å². The summed E-state index contributed by atoms with van der Waals surface area (Å²) in [4.78, 5) is 13.9. The van der Waals surface area contributed by atoms with E-state index in [1.807, 2.05) is 6.07 Å². The predicted molar refractivity (Wildman–Crippen MR) is 144 cm³/mol. The number of hydrogen-bond donors (Lipinski definition) is 1. The van der Waals surface area contributed by atoms with E-state index in [0.29, 0.717) is 30.7 Å². The number of halogens is 3. The molecule has 1 aliphatic carbocycles. The van der Waals surface area contributed by atoms with Crippen LogP contribution in [0.1, 0.15) is 69.4 Å². The second kappa shape index (κ2) is 11.6. The van der Waals surface area contributed by atoms with Gasteiger partial charge < -0.3 is 10.0 Å². The molecule has 38 heavy (non-hydrogen) atoms. The van der Waals surface area contributed by atoms with Crippen LogP contribution in [-0.2, 0) is 12.8 Å². The lowest BCUT2D eigenvalue weighted by Crippen LogP contribution is -2.47. The number of aryl methyl sites for hydroxylation is 1. The number of nitrogens with zero attached hydrogens (tertiary/aromatic N) is 1. The average Bonchev–Trinajstić information content (AvgIpc) is 3.09. The van der Waals surface area contributed by atoms with E-state index in [-0.39, 0.29) is 17.8 Å². The van der Waals surface area contributed by atoms with Crippen molar-refractivity contribution in [1.82, 2.24) is 4.90 Å². The van der Waals surface area contributed by atoms with Gasteiger partial charge in [0, 0.05) is 25.2 Å². The first-order valence-corrected chi connectivity index (χ1v) is 13.3. The molecule has 1 fully saturated rings. The van der Waals surface area contributed by atoms with Crippen LogP contribution in [0.4, 0.5) is 13.2 Å². The van der Waals surface area contributed by atoms with Crippen molar-refractivity contribution >= 4 is 17.1 Å². The van der Waals surface area contributed by atoms with Crippen LogP contribution >= 0.6 is 0 Å². The average molecular weight is 520 g/mol. The van der Waals surface area contributed by atoms with E-state index < -0.39 is 12.4 Å². The van der Waals surface area contributed by atoms with Gasteiger partial charge in [0.25, 0.3) is 6.43 Å². The van der Waals surface area contributed by atoms with E-state index in [4.69, 9.17) is 0 Å². The Morgan fingerprint density at radius 1 is 0.974 bits per heavy atom. The zero-order chi connectivity index (χ0) is 26.6. The molecule has 5 rings (SSSR count). The van der Waals surface area contributed by atoms with Gasteiger partial charge in [0.2, 0.25) is 0 Å². The largest absolute Gasteiger partial charge is 0.478 e. The van der Waals surface area contributed by atoms with Crippen LogP contribution in [0.25, 0.3) is 11.1 Å². The highest BCUT2D eigenvalue weighted by atomic mass is 19.3. The van der Waals surface area contributed by atoms with Crippen molar-refractivity contribution in [1.29, 1.82) is 0 Å². The molecule has 3 aromatic carbocycles. The molecule has 0 spiro atoms. The maximum Gasteiger partial charge on any atom is 0.335 e. The smallest absolute Gasteiger partial charge is 0.335 e. The van der Waals surface area contributed by atoms with Gasteiger partial charge in [0.05, 0.1) is 12.2 Å². The van der Waals surface area contributed by atoms with Crippen molar-refractivity contribution in [2.24, 2.45) is 5.92 Å². The third kappa shape index (κ3) is 5.56. The Morgan fingerprint density at radius 2 is 1.74 bits per heavy atom. The van der Waals surface area contributed by atoms with Crippen LogP contribution in [0.2, 0.25) is 0 Å². The summed E-state index contributed by atoms with van der Waals surface area (Å²) in [6.07, 6.45) is 0.985. The van der Waals surface area contributed by atoms with E-state index >= 15 is 0 Å². The monoisotopic (exact) mass is 519 g/mol. The summed E-state index contributed by atoms with van der Waals surface area (Å²) < 4.78 is 40.5. The van der Waals surface area contributed by atoms with Gasteiger partial charge in [-0.15, -0.1) is 0 Å². The number of alkyl halides is 3. The molecule has 0 amide bonds. The Morgan fingerprint density at radius 3 is 2.45 bits per heavy atom. The summed E-state index contributed by atoms with van der Waals surface area (Å²) in [5.74, 6) is -0.421. The molecule has 0 bridgehead atoms. The lowest BCUT2D eigenvalue weighted by atomic mass is 9.85. The summed E-state index contributed by atoms with van der Waals surface area (Å²) in [7, 11) is 0. The fourth-order valence-electron chi connectivity index (χ4n) is 5.89. The van der Waals surface area contributed by atoms with Crippen LogP contribution in [0, 0.1) is 5.92 Å². The number of rotatable bonds is 9. The topological polar surface area (TPSA) is 40.5 Å². The summed E-state index contributed by atoms with van der Waals surface area (Å²) >= 11 is 0. The molecule has 1 aliphatic heterocycles. The molecule has 3 aromatic rings. The Hall–Kier alpha value is -3.38. The summed E-state index contributed by atoms with van der Waals surface area (Å²) in [6.45, 7) is 2.51. The van der Waals surface area contributed by atoms with E-state index in [2.05, 4.69) is 29.2 Å². The minimum atomic E-state index is -2.59. The SMILES string of the molecule is O=C(O)c1ccc2c(c1)CCCC(c1ccccc1C(F)F)=C2c1ccc(CC2CN(CCCF)C2)cc1. The number of hydrogen-bond acceptors (Lipinski definition) is 2. The van der Waals surface area contributed by atoms with Gasteiger partial charge in [-0.3, -0.25) is 4.39 Å². The van der Waals surface area contributed by atoms with Crippen LogP contribution in [0.15, 0.2) is 66.7 Å². The van der Waals surface area contributed by atoms with E-state index in [0.717, 1.165) is 60.3 Å². The first-order chi connectivity index (χ1) is 18.4. The second-order valence-corrected chi connectivity index (χ2v) is 10.3. The molecule has 3 nitrogen and oxygen atoms in total. The molecule has 0 saturated carbocycles. The first kappa shape index (κ1) is 26.2. The van der Waals surface area contributed by atoms with Gasteiger partial charge in [-0.1, -0.05) is 54.6 Å². The molecular formula is C32H32F3NO2. The van der Waals surface area contributed by atoms with E-state index in [9.17, 15) is 23.1 Å². The summed E-state index contributed by atoms with van der Waals surface area (Å²) in [5.41, 5.74) is 6.57. The molecule has 198 valence electrons. The highest BCUT2D eigenvalue weighted by Gasteiger charge is 2.27. The maximum atomic E-state index is 14.1. The molecule has 0 atom stereocenters. The van der Waals surface area contributed by atoms with Crippen molar-refractivity contribution < 1.29 is 23.1 Å². The number of benzene rings is 3. The standard InChI is InChI=1S/C32H32F3NO2/c33-15-4-16-36-19-22(20-36)17-21-9-11-23(12-10-21)30-26-14-13-25(32(37)38)18-24(26)5-3-8-28(30)27-6-1-2-7-29(27)31(34)35/h1-2,6-7,9-14,18,22,31H,3-5,8,15-17,19-20H2,(H,37,38). The van der Waals surface area contributed by atoms with Crippen LogP contribution in [0.3, 0.4) is 0 Å². The van der Waals surface area contributed by atoms with Crippen molar-refractivity contribution in [3.63, 3.8) is 0 Å². The van der Waals surface area contributed by atoms with Gasteiger partial charge in [0.1, 0.15) is 0 Å². The van der Waals surface area contributed by atoms with Gasteiger partial charge in [-0.2, -0.15) is 0 Å². The fourth-order valence-corrected chi connectivity index (χ4v) is 5.89. The molecule has 0 radical (unpaired) electrons. The third-order valence-corrected chi connectivity index (χ3v) is 7.72.